The number of aliphatic hydroxyl groups is 1. The highest BCUT2D eigenvalue weighted by Gasteiger charge is 2.10. The van der Waals surface area contributed by atoms with E-state index in [9.17, 15) is 5.11 Å². The number of aliphatic hydroxyl groups excluding tert-OH is 1. The van der Waals surface area contributed by atoms with Crippen LogP contribution in [0.25, 0.3) is 10.9 Å². The molecule has 0 radical (unpaired) electrons. The normalized spacial score (nSPS) is 12.5. The van der Waals surface area contributed by atoms with Crippen LogP contribution in [0.15, 0.2) is 45.7 Å². The van der Waals surface area contributed by atoms with Crippen molar-refractivity contribution < 1.29 is 5.11 Å². The third-order valence-electron chi connectivity index (χ3n) is 3.26. The average Bonchev–Trinajstić information content (AvgIpc) is 3.01. The Kier molecular flexibility index (Phi) is 4.10. The number of pyridine rings is 1. The molecule has 0 bridgehead atoms. The van der Waals surface area contributed by atoms with Gasteiger partial charge in [-0.1, -0.05) is 0 Å². The van der Waals surface area contributed by atoms with Gasteiger partial charge in [-0.25, -0.2) is 0 Å². The van der Waals surface area contributed by atoms with E-state index in [0.717, 1.165) is 26.6 Å². The number of thiophene rings is 1. The van der Waals surface area contributed by atoms with E-state index in [0.29, 0.717) is 12.2 Å². The predicted molar refractivity (Wildman–Crippen MR) is 91.6 cm³/mol. The Bertz CT molecular complexity index is 761. The summed E-state index contributed by atoms with van der Waals surface area (Å²) in [4.78, 5) is 4.41. The van der Waals surface area contributed by atoms with Crippen LogP contribution in [-0.4, -0.2) is 16.6 Å². The first-order valence-electron chi connectivity index (χ1n) is 6.43. The molecule has 6 heteroatoms. The first-order valence-corrected chi connectivity index (χ1v) is 8.16. The molecular formula is C15H14BrN3OS. The number of fused-ring (bicyclic) bond motifs is 1. The lowest BCUT2D eigenvalue weighted by Crippen LogP contribution is -2.12. The minimum Gasteiger partial charge on any atom is -0.398 e. The zero-order valence-electron chi connectivity index (χ0n) is 11.1. The lowest BCUT2D eigenvalue weighted by atomic mass is 10.1. The number of hydrogen-bond donors (Lipinski definition) is 3. The van der Waals surface area contributed by atoms with Gasteiger partial charge in [0.25, 0.3) is 0 Å². The molecule has 2 aromatic heterocycles. The van der Waals surface area contributed by atoms with Gasteiger partial charge in [-0.15, -0.1) is 0 Å². The number of anilines is 2. The summed E-state index contributed by atoms with van der Waals surface area (Å²) < 4.78 is 0.886. The number of aromatic nitrogens is 1. The molecule has 0 saturated carbocycles. The first-order chi connectivity index (χ1) is 10.1. The van der Waals surface area contributed by atoms with Crippen molar-refractivity contribution in [2.45, 2.75) is 6.10 Å². The molecule has 0 saturated heterocycles. The summed E-state index contributed by atoms with van der Waals surface area (Å²) in [6.07, 6.45) is 1.20. The molecule has 0 fully saturated rings. The van der Waals surface area contributed by atoms with E-state index in [1.54, 1.807) is 17.5 Å². The second-order valence-electron chi connectivity index (χ2n) is 4.71. The summed E-state index contributed by atoms with van der Waals surface area (Å²) in [6.45, 7) is 0.424. The van der Waals surface area contributed by atoms with E-state index in [-0.39, 0.29) is 0 Å². The molecule has 3 rings (SSSR count). The molecule has 0 spiro atoms. The van der Waals surface area contributed by atoms with E-state index in [1.807, 2.05) is 35.0 Å². The van der Waals surface area contributed by atoms with Gasteiger partial charge in [-0.05, 0) is 56.5 Å². The monoisotopic (exact) mass is 363 g/mol. The Hall–Kier alpha value is -1.63. The summed E-state index contributed by atoms with van der Waals surface area (Å²) in [5, 5.41) is 18.2. The van der Waals surface area contributed by atoms with Gasteiger partial charge < -0.3 is 16.2 Å². The Labute approximate surface area is 134 Å². The fourth-order valence-electron chi connectivity index (χ4n) is 2.15. The van der Waals surface area contributed by atoms with Crippen LogP contribution >= 0.6 is 27.3 Å². The van der Waals surface area contributed by atoms with Crippen LogP contribution in [0.4, 0.5) is 11.4 Å². The maximum Gasteiger partial charge on any atom is 0.0970 e. The first kappa shape index (κ1) is 14.3. The SMILES string of the molecule is Nc1ccc(NCC(O)c2ccsc2)c2ncc(Br)cc12. The molecular weight excluding hydrogens is 350 g/mol. The number of nitrogens with zero attached hydrogens (tertiary/aromatic N) is 1. The van der Waals surface area contributed by atoms with Gasteiger partial charge >= 0.3 is 0 Å². The summed E-state index contributed by atoms with van der Waals surface area (Å²) in [5.41, 5.74) is 9.26. The molecule has 4 N–H and O–H groups in total. The molecule has 21 heavy (non-hydrogen) atoms. The second kappa shape index (κ2) is 6.01. The van der Waals surface area contributed by atoms with Gasteiger partial charge in [-0.2, -0.15) is 11.3 Å². The van der Waals surface area contributed by atoms with Crippen LogP contribution < -0.4 is 11.1 Å². The lowest BCUT2D eigenvalue weighted by Gasteiger charge is -2.14. The highest BCUT2D eigenvalue weighted by Crippen LogP contribution is 2.29. The fourth-order valence-corrected chi connectivity index (χ4v) is 3.19. The number of hydrogen-bond acceptors (Lipinski definition) is 5. The van der Waals surface area contributed by atoms with Crippen molar-refractivity contribution in [2.75, 3.05) is 17.6 Å². The van der Waals surface area contributed by atoms with Crippen molar-refractivity contribution in [3.63, 3.8) is 0 Å². The topological polar surface area (TPSA) is 71.2 Å². The van der Waals surface area contributed by atoms with Crippen LogP contribution in [0.1, 0.15) is 11.7 Å². The van der Waals surface area contributed by atoms with E-state index >= 15 is 0 Å². The van der Waals surface area contributed by atoms with Gasteiger partial charge in [0.15, 0.2) is 0 Å². The number of rotatable bonds is 4. The molecule has 3 aromatic rings. The largest absolute Gasteiger partial charge is 0.398 e. The van der Waals surface area contributed by atoms with Gasteiger partial charge in [-0.3, -0.25) is 4.98 Å². The smallest absolute Gasteiger partial charge is 0.0970 e. The maximum atomic E-state index is 10.1. The number of nitrogens with two attached hydrogens (primary N) is 1. The van der Waals surface area contributed by atoms with E-state index in [2.05, 4.69) is 26.2 Å². The van der Waals surface area contributed by atoms with Crippen LogP contribution in [0.2, 0.25) is 0 Å². The summed E-state index contributed by atoms with van der Waals surface area (Å²) in [5.74, 6) is 0. The molecule has 0 aliphatic carbocycles. The highest BCUT2D eigenvalue weighted by molar-refractivity contribution is 9.10. The van der Waals surface area contributed by atoms with Crippen molar-refractivity contribution in [3.8, 4) is 0 Å². The van der Waals surface area contributed by atoms with Crippen molar-refractivity contribution in [1.82, 2.24) is 4.98 Å². The van der Waals surface area contributed by atoms with Crippen molar-refractivity contribution in [2.24, 2.45) is 0 Å². The van der Waals surface area contributed by atoms with Gasteiger partial charge in [0.1, 0.15) is 0 Å². The van der Waals surface area contributed by atoms with Crippen LogP contribution in [-0.2, 0) is 0 Å². The van der Waals surface area contributed by atoms with Gasteiger partial charge in [0, 0.05) is 28.3 Å². The molecule has 1 unspecified atom stereocenters. The maximum absolute atomic E-state index is 10.1. The fraction of sp³-hybridized carbons (Fsp3) is 0.133. The van der Waals surface area contributed by atoms with Gasteiger partial charge in [0.2, 0.25) is 0 Å². The summed E-state index contributed by atoms with van der Waals surface area (Å²) in [6, 6.07) is 7.60. The molecule has 0 aliphatic rings. The highest BCUT2D eigenvalue weighted by atomic mass is 79.9. The molecule has 1 aromatic carbocycles. The number of nitrogen functional groups attached to an aromatic ring is 1. The molecule has 0 amide bonds. The zero-order valence-corrected chi connectivity index (χ0v) is 13.5. The lowest BCUT2D eigenvalue weighted by molar-refractivity contribution is 0.192. The van der Waals surface area contributed by atoms with Crippen molar-refractivity contribution in [3.05, 3.63) is 51.3 Å². The zero-order chi connectivity index (χ0) is 14.8. The predicted octanol–water partition coefficient (Wildman–Crippen LogP) is 3.79. The Balaban J connectivity index is 1.86. The van der Waals surface area contributed by atoms with E-state index < -0.39 is 6.10 Å². The molecule has 1 atom stereocenters. The number of benzene rings is 1. The quantitative estimate of drug-likeness (QED) is 0.616. The van der Waals surface area contributed by atoms with Gasteiger partial charge in [0.05, 0.1) is 17.3 Å². The van der Waals surface area contributed by atoms with E-state index in [4.69, 9.17) is 5.73 Å². The third-order valence-corrected chi connectivity index (χ3v) is 4.40. The Morgan fingerprint density at radius 1 is 1.38 bits per heavy atom. The number of halogens is 1. The average molecular weight is 364 g/mol. The van der Waals surface area contributed by atoms with Crippen LogP contribution in [0.3, 0.4) is 0 Å². The molecule has 108 valence electrons. The Morgan fingerprint density at radius 3 is 3.00 bits per heavy atom. The minimum atomic E-state index is -0.542. The minimum absolute atomic E-state index is 0.424. The summed E-state index contributed by atoms with van der Waals surface area (Å²) >= 11 is 4.98. The van der Waals surface area contributed by atoms with Crippen LogP contribution in [0, 0.1) is 0 Å². The number of nitrogens with one attached hydrogen (secondary N) is 1. The van der Waals surface area contributed by atoms with Crippen molar-refractivity contribution >= 4 is 49.5 Å². The summed E-state index contributed by atoms with van der Waals surface area (Å²) in [7, 11) is 0. The van der Waals surface area contributed by atoms with Crippen LogP contribution in [0.5, 0.6) is 0 Å². The standard InChI is InChI=1S/C15H14BrN3OS/c16-10-5-11-12(17)1-2-13(15(11)19-6-10)18-7-14(20)9-3-4-21-8-9/h1-6,8,14,18,20H,7,17H2. The Morgan fingerprint density at radius 2 is 2.24 bits per heavy atom. The molecule has 4 nitrogen and oxygen atoms in total. The molecule has 0 aliphatic heterocycles. The van der Waals surface area contributed by atoms with E-state index in [1.165, 1.54) is 0 Å². The molecule has 2 heterocycles. The second-order valence-corrected chi connectivity index (χ2v) is 6.40. The third kappa shape index (κ3) is 3.02. The van der Waals surface area contributed by atoms with Crippen molar-refractivity contribution in [1.29, 1.82) is 0 Å².